The van der Waals surface area contributed by atoms with Gasteiger partial charge in [-0.05, 0) is 136 Å². The molecule has 0 N–H and O–H groups in total. The van der Waals surface area contributed by atoms with Crippen molar-refractivity contribution in [3.63, 3.8) is 0 Å². The summed E-state index contributed by atoms with van der Waals surface area (Å²) in [5, 5.41) is 5.10. The largest absolute Gasteiger partial charge is 0.456 e. The minimum Gasteiger partial charge on any atom is -0.456 e. The van der Waals surface area contributed by atoms with Gasteiger partial charge in [0.15, 0.2) is 11.5 Å². The summed E-state index contributed by atoms with van der Waals surface area (Å²) < 4.78 is 27.8. The standard InChI is InChI=1S/C75H46N2O4/c1-3-15-47(16-4-1)49-27-31-51(32-28-49)76(52-33-29-50(30-34-52)48-17-5-2-6-18-48)54-38-42-70-63(44-54)73-74(81-70)75(64-23-11-7-19-57(64)58-20-8-12-24-65(58)75)66-40-36-56(46-72(66)80-73)77(53-37-41-69-62(43-53)60-22-10-14-26-68(60)78-69)55-35-39-61-59-21-9-13-25-67(59)79-71(61)45-55/h1-46H. The van der Waals surface area contributed by atoms with Crippen LogP contribution in [0.4, 0.5) is 34.1 Å². The van der Waals surface area contributed by atoms with Crippen LogP contribution < -0.4 is 14.5 Å². The van der Waals surface area contributed by atoms with Gasteiger partial charge < -0.3 is 27.8 Å². The van der Waals surface area contributed by atoms with Gasteiger partial charge in [-0.15, -0.1) is 0 Å². The van der Waals surface area contributed by atoms with Crippen molar-refractivity contribution in [2.45, 2.75) is 5.41 Å². The number of anilines is 6. The first-order valence-electron chi connectivity index (χ1n) is 27.5. The van der Waals surface area contributed by atoms with Gasteiger partial charge in [0.25, 0.3) is 0 Å². The Labute approximate surface area is 466 Å². The molecule has 1 aliphatic carbocycles. The maximum absolute atomic E-state index is 7.54. The average Bonchev–Trinajstić information content (AvgIpc) is 4.17. The summed E-state index contributed by atoms with van der Waals surface area (Å²) in [6, 6.07) is 98.9. The lowest BCUT2D eigenvalue weighted by atomic mass is 9.69. The van der Waals surface area contributed by atoms with Gasteiger partial charge in [0, 0.05) is 73.4 Å². The number of hydrogen-bond acceptors (Lipinski definition) is 6. The fourth-order valence-corrected chi connectivity index (χ4v) is 13.1. The molecule has 0 atom stereocenters. The first kappa shape index (κ1) is 45.2. The van der Waals surface area contributed by atoms with Crippen LogP contribution >= 0.6 is 0 Å². The summed E-state index contributed by atoms with van der Waals surface area (Å²) in [6.45, 7) is 0. The van der Waals surface area contributed by atoms with Gasteiger partial charge >= 0.3 is 0 Å². The van der Waals surface area contributed by atoms with Crippen molar-refractivity contribution in [2.75, 3.05) is 9.80 Å². The zero-order valence-corrected chi connectivity index (χ0v) is 43.6. The number of rotatable bonds is 8. The Balaban J connectivity index is 0.873. The molecule has 0 bridgehead atoms. The van der Waals surface area contributed by atoms with E-state index >= 15 is 0 Å². The monoisotopic (exact) mass is 1040 g/mol. The third-order valence-corrected chi connectivity index (χ3v) is 16.7. The molecule has 17 rings (SSSR count). The highest BCUT2D eigenvalue weighted by Gasteiger charge is 2.54. The molecular weight excluding hydrogens is 993 g/mol. The normalized spacial score (nSPS) is 12.9. The number of furan rings is 3. The van der Waals surface area contributed by atoms with Crippen molar-refractivity contribution >= 4 is 89.0 Å². The van der Waals surface area contributed by atoms with Crippen LogP contribution in [-0.2, 0) is 5.41 Å². The molecule has 15 aromatic rings. The summed E-state index contributed by atoms with van der Waals surface area (Å²) in [4.78, 5) is 4.62. The van der Waals surface area contributed by atoms with E-state index in [9.17, 15) is 0 Å². The molecule has 1 aliphatic heterocycles. The van der Waals surface area contributed by atoms with E-state index in [0.29, 0.717) is 5.75 Å². The van der Waals surface area contributed by atoms with Crippen molar-refractivity contribution in [3.05, 3.63) is 302 Å². The number of ether oxygens (including phenoxy) is 1. The highest BCUT2D eigenvalue weighted by molar-refractivity contribution is 6.08. The van der Waals surface area contributed by atoms with Crippen LogP contribution in [0.25, 0.3) is 88.2 Å². The summed E-state index contributed by atoms with van der Waals surface area (Å²) in [6.07, 6.45) is 0. The fourth-order valence-electron chi connectivity index (χ4n) is 13.1. The van der Waals surface area contributed by atoms with E-state index in [1.165, 1.54) is 22.3 Å². The minimum absolute atomic E-state index is 0.684. The van der Waals surface area contributed by atoms with Crippen LogP contribution in [0.15, 0.2) is 292 Å². The summed E-state index contributed by atoms with van der Waals surface area (Å²) >= 11 is 0. The number of hydrogen-bond donors (Lipinski definition) is 0. The van der Waals surface area contributed by atoms with Crippen molar-refractivity contribution < 1.29 is 18.0 Å². The minimum atomic E-state index is -0.860. The second kappa shape index (κ2) is 17.6. The summed E-state index contributed by atoms with van der Waals surface area (Å²) in [5.74, 6) is 2.17. The Morgan fingerprint density at radius 3 is 1.31 bits per heavy atom. The van der Waals surface area contributed by atoms with E-state index in [-0.39, 0.29) is 0 Å². The Bertz CT molecular complexity index is 4850. The van der Waals surface area contributed by atoms with Gasteiger partial charge in [-0.25, -0.2) is 0 Å². The zero-order valence-electron chi connectivity index (χ0n) is 43.6. The molecule has 6 heteroatoms. The second-order valence-electron chi connectivity index (χ2n) is 21.1. The number of fused-ring (bicyclic) bond motifs is 17. The fraction of sp³-hybridized carbons (Fsp3) is 0.0133. The predicted molar refractivity (Wildman–Crippen MR) is 328 cm³/mol. The quantitative estimate of drug-likeness (QED) is 0.151. The first-order chi connectivity index (χ1) is 40.1. The lowest BCUT2D eigenvalue weighted by Crippen LogP contribution is -2.31. The molecule has 2 aliphatic rings. The smallest absolute Gasteiger partial charge is 0.178 e. The molecule has 3 aromatic heterocycles. The molecule has 81 heavy (non-hydrogen) atoms. The molecule has 12 aromatic carbocycles. The predicted octanol–water partition coefficient (Wildman–Crippen LogP) is 21.0. The molecule has 6 nitrogen and oxygen atoms in total. The number of para-hydroxylation sites is 2. The molecule has 1 spiro atoms. The highest BCUT2D eigenvalue weighted by atomic mass is 16.5. The average molecular weight is 1040 g/mol. The topological polar surface area (TPSA) is 55.1 Å². The van der Waals surface area contributed by atoms with Gasteiger partial charge in [0.05, 0.1) is 5.39 Å². The number of benzene rings is 12. The van der Waals surface area contributed by atoms with Crippen LogP contribution in [0.2, 0.25) is 0 Å². The summed E-state index contributed by atoms with van der Waals surface area (Å²) in [5.41, 5.74) is 19.3. The maximum atomic E-state index is 7.54. The van der Waals surface area contributed by atoms with Gasteiger partial charge in [-0.3, -0.25) is 0 Å². The Kier molecular flexibility index (Phi) is 9.83. The van der Waals surface area contributed by atoms with Gasteiger partial charge in [0.2, 0.25) is 0 Å². The van der Waals surface area contributed by atoms with Crippen LogP contribution in [0.3, 0.4) is 0 Å². The van der Waals surface area contributed by atoms with Gasteiger partial charge in [-0.2, -0.15) is 0 Å². The highest BCUT2D eigenvalue weighted by Crippen LogP contribution is 2.64. The van der Waals surface area contributed by atoms with Crippen LogP contribution in [0, 0.1) is 0 Å². The van der Waals surface area contributed by atoms with E-state index in [2.05, 4.69) is 265 Å². The lowest BCUT2D eigenvalue weighted by Gasteiger charge is -2.37. The van der Waals surface area contributed by atoms with Crippen LogP contribution in [0.5, 0.6) is 11.5 Å². The molecule has 0 radical (unpaired) electrons. The molecular formula is C75H46N2O4. The van der Waals surface area contributed by atoms with E-state index in [1.807, 2.05) is 24.3 Å². The Morgan fingerprint density at radius 1 is 0.259 bits per heavy atom. The second-order valence-corrected chi connectivity index (χ2v) is 21.1. The molecule has 0 saturated carbocycles. The van der Waals surface area contributed by atoms with Crippen molar-refractivity contribution in [1.82, 2.24) is 0 Å². The molecule has 4 heterocycles. The first-order valence-corrected chi connectivity index (χ1v) is 27.5. The van der Waals surface area contributed by atoms with E-state index in [1.54, 1.807) is 0 Å². The number of nitrogens with zero attached hydrogens (tertiary/aromatic N) is 2. The van der Waals surface area contributed by atoms with Crippen molar-refractivity contribution in [2.24, 2.45) is 0 Å². The Hall–Kier alpha value is -10.8. The molecule has 0 amide bonds. The third-order valence-electron chi connectivity index (χ3n) is 16.7. The van der Waals surface area contributed by atoms with Crippen LogP contribution in [0.1, 0.15) is 22.5 Å². The van der Waals surface area contributed by atoms with Gasteiger partial charge in [0.1, 0.15) is 39.1 Å². The SMILES string of the molecule is c1ccc(-c2ccc(N(c3ccc(-c4ccccc4)cc3)c3ccc4oc5c(c4c3)Oc3cc(N(c4ccc6c(c4)oc4ccccc46)c4ccc6oc7ccccc7c6c4)ccc3C53c4ccccc4-c4ccccc43)cc2)cc1. The molecule has 0 saturated heterocycles. The van der Waals surface area contributed by atoms with Crippen molar-refractivity contribution in [3.8, 4) is 44.9 Å². The van der Waals surface area contributed by atoms with Crippen molar-refractivity contribution in [1.29, 1.82) is 0 Å². The van der Waals surface area contributed by atoms with Gasteiger partial charge in [-0.1, -0.05) is 176 Å². The molecule has 0 fully saturated rings. The zero-order chi connectivity index (χ0) is 53.2. The lowest BCUT2D eigenvalue weighted by molar-refractivity contribution is 0.389. The van der Waals surface area contributed by atoms with E-state index in [4.69, 9.17) is 18.0 Å². The maximum Gasteiger partial charge on any atom is 0.178 e. The Morgan fingerprint density at radius 2 is 0.679 bits per heavy atom. The molecule has 0 unspecified atom stereocenters. The van der Waals surface area contributed by atoms with E-state index < -0.39 is 5.41 Å². The van der Waals surface area contributed by atoms with Crippen LogP contribution in [-0.4, -0.2) is 0 Å². The molecule has 380 valence electrons. The summed E-state index contributed by atoms with van der Waals surface area (Å²) in [7, 11) is 0. The van der Waals surface area contributed by atoms with E-state index in [0.717, 1.165) is 128 Å². The third kappa shape index (κ3) is 6.87.